The molecular formula is C17H25NO2. The molecule has 1 aliphatic heterocycles. The van der Waals surface area contributed by atoms with Crippen LogP contribution < -0.4 is 15.2 Å². The highest BCUT2D eigenvalue weighted by atomic mass is 16.6. The number of rotatable bonds is 3. The van der Waals surface area contributed by atoms with Crippen molar-refractivity contribution in [1.29, 1.82) is 0 Å². The molecule has 1 aromatic rings. The molecule has 0 amide bonds. The van der Waals surface area contributed by atoms with Gasteiger partial charge in [-0.25, -0.2) is 0 Å². The monoisotopic (exact) mass is 275 g/mol. The van der Waals surface area contributed by atoms with Crippen molar-refractivity contribution in [2.45, 2.75) is 44.4 Å². The van der Waals surface area contributed by atoms with Crippen molar-refractivity contribution in [2.24, 2.45) is 11.7 Å². The van der Waals surface area contributed by atoms with Crippen LogP contribution in [0.5, 0.6) is 11.5 Å². The average molecular weight is 275 g/mol. The normalized spacial score (nSPS) is 21.2. The Labute approximate surface area is 121 Å². The summed E-state index contributed by atoms with van der Waals surface area (Å²) in [5.41, 5.74) is 7.41. The molecular weight excluding hydrogens is 250 g/mol. The molecule has 1 atom stereocenters. The summed E-state index contributed by atoms with van der Waals surface area (Å²) in [4.78, 5) is 0. The molecule has 20 heavy (non-hydrogen) atoms. The Morgan fingerprint density at radius 2 is 1.70 bits per heavy atom. The van der Waals surface area contributed by atoms with E-state index >= 15 is 0 Å². The van der Waals surface area contributed by atoms with Crippen LogP contribution in [0.4, 0.5) is 0 Å². The Hall–Kier alpha value is -1.22. The molecule has 1 aliphatic carbocycles. The first-order valence-electron chi connectivity index (χ1n) is 7.98. The van der Waals surface area contributed by atoms with E-state index in [1.165, 1.54) is 44.1 Å². The van der Waals surface area contributed by atoms with Crippen LogP contribution in [-0.2, 0) is 0 Å². The minimum absolute atomic E-state index is 0.462. The summed E-state index contributed by atoms with van der Waals surface area (Å²) in [6.07, 6.45) is 8.11. The lowest BCUT2D eigenvalue weighted by Gasteiger charge is -2.27. The molecule has 1 fully saturated rings. The minimum atomic E-state index is 0.462. The second-order valence-corrected chi connectivity index (χ2v) is 6.00. The van der Waals surface area contributed by atoms with Gasteiger partial charge in [-0.05, 0) is 48.9 Å². The van der Waals surface area contributed by atoms with Gasteiger partial charge in [0.2, 0.25) is 0 Å². The zero-order valence-electron chi connectivity index (χ0n) is 12.1. The van der Waals surface area contributed by atoms with Gasteiger partial charge >= 0.3 is 0 Å². The molecule has 1 unspecified atom stereocenters. The van der Waals surface area contributed by atoms with E-state index in [4.69, 9.17) is 15.2 Å². The van der Waals surface area contributed by atoms with E-state index in [0.717, 1.165) is 24.0 Å². The van der Waals surface area contributed by atoms with Crippen LogP contribution in [0.25, 0.3) is 0 Å². The zero-order chi connectivity index (χ0) is 13.8. The molecule has 0 spiro atoms. The number of fused-ring (bicyclic) bond motifs is 1. The van der Waals surface area contributed by atoms with Gasteiger partial charge in [0.1, 0.15) is 13.2 Å². The third-order valence-electron chi connectivity index (χ3n) is 4.72. The van der Waals surface area contributed by atoms with Gasteiger partial charge < -0.3 is 15.2 Å². The average Bonchev–Trinajstić information content (AvgIpc) is 2.77. The van der Waals surface area contributed by atoms with Crippen molar-refractivity contribution in [2.75, 3.05) is 19.8 Å². The Bertz CT molecular complexity index is 439. The number of hydrogen-bond donors (Lipinski definition) is 1. The van der Waals surface area contributed by atoms with Gasteiger partial charge in [0.25, 0.3) is 0 Å². The van der Waals surface area contributed by atoms with E-state index in [1.807, 2.05) is 6.07 Å². The minimum Gasteiger partial charge on any atom is -0.486 e. The molecule has 0 saturated heterocycles. The first kappa shape index (κ1) is 13.7. The smallest absolute Gasteiger partial charge is 0.161 e. The maximum absolute atomic E-state index is 6.09. The van der Waals surface area contributed by atoms with Gasteiger partial charge in [0, 0.05) is 0 Å². The van der Waals surface area contributed by atoms with Crippen molar-refractivity contribution in [3.63, 3.8) is 0 Å². The summed E-state index contributed by atoms with van der Waals surface area (Å²) in [5.74, 6) is 2.95. The van der Waals surface area contributed by atoms with Crippen molar-refractivity contribution < 1.29 is 9.47 Å². The molecule has 0 aromatic heterocycles. The topological polar surface area (TPSA) is 44.5 Å². The van der Waals surface area contributed by atoms with E-state index in [-0.39, 0.29) is 0 Å². The first-order chi connectivity index (χ1) is 9.88. The number of benzene rings is 1. The van der Waals surface area contributed by atoms with E-state index in [2.05, 4.69) is 12.1 Å². The molecule has 0 radical (unpaired) electrons. The predicted octanol–water partition coefficient (Wildman–Crippen LogP) is 3.47. The molecule has 110 valence electrons. The van der Waals surface area contributed by atoms with Gasteiger partial charge in [-0.1, -0.05) is 31.7 Å². The highest BCUT2D eigenvalue weighted by Gasteiger charge is 2.24. The molecule has 3 heteroatoms. The summed E-state index contributed by atoms with van der Waals surface area (Å²) in [6, 6.07) is 6.37. The first-order valence-corrected chi connectivity index (χ1v) is 7.98. The molecule has 3 nitrogen and oxygen atoms in total. The van der Waals surface area contributed by atoms with E-state index in [9.17, 15) is 0 Å². The molecule has 0 bridgehead atoms. The fourth-order valence-electron chi connectivity index (χ4n) is 3.60. The third-order valence-corrected chi connectivity index (χ3v) is 4.72. The lowest BCUT2D eigenvalue weighted by Crippen LogP contribution is -2.22. The highest BCUT2D eigenvalue weighted by molar-refractivity contribution is 5.45. The predicted molar refractivity (Wildman–Crippen MR) is 80.4 cm³/mol. The van der Waals surface area contributed by atoms with Crippen molar-refractivity contribution in [3.8, 4) is 11.5 Å². The van der Waals surface area contributed by atoms with Crippen LogP contribution in [0.2, 0.25) is 0 Å². The van der Waals surface area contributed by atoms with Gasteiger partial charge in [0.05, 0.1) is 0 Å². The summed E-state index contributed by atoms with van der Waals surface area (Å²) >= 11 is 0. The molecule has 2 aliphatic rings. The second kappa shape index (κ2) is 6.49. The van der Waals surface area contributed by atoms with Crippen LogP contribution in [0, 0.1) is 5.92 Å². The molecule has 1 heterocycles. The van der Waals surface area contributed by atoms with Gasteiger partial charge in [0.15, 0.2) is 11.5 Å². The second-order valence-electron chi connectivity index (χ2n) is 6.00. The van der Waals surface area contributed by atoms with Crippen molar-refractivity contribution in [3.05, 3.63) is 23.8 Å². The zero-order valence-corrected chi connectivity index (χ0v) is 12.1. The van der Waals surface area contributed by atoms with Crippen LogP contribution in [0.3, 0.4) is 0 Å². The molecule has 3 rings (SSSR count). The maximum atomic E-state index is 6.09. The third kappa shape index (κ3) is 2.93. The Balaban J connectivity index is 1.81. The largest absolute Gasteiger partial charge is 0.486 e. The quantitative estimate of drug-likeness (QED) is 0.859. The lowest BCUT2D eigenvalue weighted by atomic mass is 9.81. The summed E-state index contributed by atoms with van der Waals surface area (Å²) < 4.78 is 11.3. The van der Waals surface area contributed by atoms with Crippen LogP contribution >= 0.6 is 0 Å². The SMILES string of the molecule is NCC(c1ccc2c(c1)OCCO2)C1CCCCCC1. The highest BCUT2D eigenvalue weighted by Crippen LogP contribution is 2.38. The van der Waals surface area contributed by atoms with Crippen LogP contribution in [0.15, 0.2) is 18.2 Å². The van der Waals surface area contributed by atoms with E-state index < -0.39 is 0 Å². The standard InChI is InChI=1S/C17H25NO2/c18-12-15(13-5-3-1-2-4-6-13)14-7-8-16-17(11-14)20-10-9-19-16/h7-8,11,13,15H,1-6,9-10,12,18H2. The molecule has 1 saturated carbocycles. The van der Waals surface area contributed by atoms with Gasteiger partial charge in [-0.3, -0.25) is 0 Å². The van der Waals surface area contributed by atoms with Crippen LogP contribution in [0.1, 0.15) is 50.0 Å². The summed E-state index contributed by atoms with van der Waals surface area (Å²) in [6.45, 7) is 2.02. The Morgan fingerprint density at radius 1 is 1.00 bits per heavy atom. The Morgan fingerprint density at radius 3 is 2.40 bits per heavy atom. The maximum Gasteiger partial charge on any atom is 0.161 e. The summed E-state index contributed by atoms with van der Waals surface area (Å²) in [5, 5.41) is 0. The summed E-state index contributed by atoms with van der Waals surface area (Å²) in [7, 11) is 0. The number of nitrogens with two attached hydrogens (primary N) is 1. The van der Waals surface area contributed by atoms with Crippen LogP contribution in [-0.4, -0.2) is 19.8 Å². The number of ether oxygens (including phenoxy) is 2. The van der Waals surface area contributed by atoms with E-state index in [1.54, 1.807) is 0 Å². The van der Waals surface area contributed by atoms with E-state index in [0.29, 0.717) is 19.1 Å². The van der Waals surface area contributed by atoms with Crippen molar-refractivity contribution >= 4 is 0 Å². The Kier molecular flexibility index (Phi) is 4.46. The molecule has 2 N–H and O–H groups in total. The van der Waals surface area contributed by atoms with Crippen molar-refractivity contribution in [1.82, 2.24) is 0 Å². The fourth-order valence-corrected chi connectivity index (χ4v) is 3.60. The van der Waals surface area contributed by atoms with Gasteiger partial charge in [-0.15, -0.1) is 0 Å². The number of hydrogen-bond acceptors (Lipinski definition) is 3. The van der Waals surface area contributed by atoms with Gasteiger partial charge in [-0.2, -0.15) is 0 Å². The molecule has 1 aromatic carbocycles. The lowest BCUT2D eigenvalue weighted by molar-refractivity contribution is 0.171. The fraction of sp³-hybridized carbons (Fsp3) is 0.647.